The lowest BCUT2D eigenvalue weighted by atomic mass is 9.96. The Balaban J connectivity index is 3.80. The Morgan fingerprint density at radius 3 is 2.50 bits per heavy atom. The van der Waals surface area contributed by atoms with Gasteiger partial charge in [0.05, 0.1) is 5.92 Å². The zero-order valence-corrected chi connectivity index (χ0v) is 8.10. The van der Waals surface area contributed by atoms with Gasteiger partial charge < -0.3 is 5.11 Å². The van der Waals surface area contributed by atoms with E-state index in [1.807, 2.05) is 0 Å². The molecule has 0 aliphatic rings. The van der Waals surface area contributed by atoms with E-state index in [1.54, 1.807) is 6.92 Å². The summed E-state index contributed by atoms with van der Waals surface area (Å²) < 4.78 is 0. The van der Waals surface area contributed by atoms with Crippen molar-refractivity contribution in [2.45, 2.75) is 26.2 Å². The van der Waals surface area contributed by atoms with Crippen LogP contribution in [-0.2, 0) is 4.79 Å². The summed E-state index contributed by atoms with van der Waals surface area (Å²) in [6.45, 7) is 5.39. The van der Waals surface area contributed by atoms with Gasteiger partial charge in [-0.15, -0.1) is 11.6 Å². The van der Waals surface area contributed by atoms with Gasteiger partial charge in [-0.25, -0.2) is 0 Å². The summed E-state index contributed by atoms with van der Waals surface area (Å²) in [6, 6.07) is 0. The maximum atomic E-state index is 10.6. The first kappa shape index (κ1) is 11.5. The fourth-order valence-corrected chi connectivity index (χ4v) is 1.21. The lowest BCUT2D eigenvalue weighted by Gasteiger charge is -2.10. The van der Waals surface area contributed by atoms with Gasteiger partial charge in [-0.2, -0.15) is 0 Å². The van der Waals surface area contributed by atoms with Gasteiger partial charge in [0.25, 0.3) is 0 Å². The molecule has 0 bridgehead atoms. The van der Waals surface area contributed by atoms with Crippen LogP contribution < -0.4 is 0 Å². The van der Waals surface area contributed by atoms with Gasteiger partial charge in [0.15, 0.2) is 0 Å². The molecule has 0 aromatic rings. The molecule has 0 aliphatic heterocycles. The molecule has 3 heteroatoms. The predicted molar refractivity (Wildman–Crippen MR) is 50.5 cm³/mol. The van der Waals surface area contributed by atoms with Crippen LogP contribution in [0.4, 0.5) is 0 Å². The van der Waals surface area contributed by atoms with Crippen LogP contribution >= 0.6 is 11.6 Å². The molecule has 0 spiro atoms. The van der Waals surface area contributed by atoms with E-state index in [0.717, 1.165) is 18.4 Å². The Morgan fingerprint density at radius 2 is 2.17 bits per heavy atom. The van der Waals surface area contributed by atoms with E-state index in [2.05, 4.69) is 6.58 Å². The summed E-state index contributed by atoms with van der Waals surface area (Å²) >= 11 is 5.47. The fourth-order valence-electron chi connectivity index (χ4n) is 1.02. The molecule has 0 aromatic heterocycles. The van der Waals surface area contributed by atoms with Crippen LogP contribution in [0.3, 0.4) is 0 Å². The lowest BCUT2D eigenvalue weighted by Crippen LogP contribution is -2.14. The van der Waals surface area contributed by atoms with Gasteiger partial charge in [0.2, 0.25) is 0 Å². The minimum absolute atomic E-state index is 0.395. The van der Waals surface area contributed by atoms with Gasteiger partial charge in [-0.3, -0.25) is 4.79 Å². The molecule has 0 aromatic carbocycles. The quantitative estimate of drug-likeness (QED) is 0.397. The number of carbonyl (C=O) groups is 1. The second-order valence-electron chi connectivity index (χ2n) is 2.92. The smallest absolute Gasteiger partial charge is 0.310 e. The van der Waals surface area contributed by atoms with E-state index in [0.29, 0.717) is 12.3 Å². The summed E-state index contributed by atoms with van der Waals surface area (Å²) in [6.07, 6.45) is 2.38. The second-order valence-corrected chi connectivity index (χ2v) is 3.30. The number of hydrogen-bond acceptors (Lipinski definition) is 1. The number of carboxylic acid groups (broad SMARTS) is 1. The average Bonchev–Trinajstić information content (AvgIpc) is 1.96. The van der Waals surface area contributed by atoms with Crippen molar-refractivity contribution in [1.82, 2.24) is 0 Å². The number of halogens is 1. The van der Waals surface area contributed by atoms with Crippen LogP contribution in [0.25, 0.3) is 0 Å². The number of alkyl halides is 1. The van der Waals surface area contributed by atoms with E-state index >= 15 is 0 Å². The van der Waals surface area contributed by atoms with Crippen molar-refractivity contribution in [1.29, 1.82) is 0 Å². The molecule has 1 N–H and O–H groups in total. The first-order valence-corrected chi connectivity index (χ1v) is 4.57. The molecular formula is C9H15ClO2. The molecule has 0 aliphatic carbocycles. The Hall–Kier alpha value is -0.500. The van der Waals surface area contributed by atoms with Crippen LogP contribution in [0.15, 0.2) is 12.2 Å². The standard InChI is InChI=1S/C9H15ClO2/c1-7(2)8(9(11)12)5-3-4-6-10/h8H,1,3-6H2,2H3,(H,11,12). The summed E-state index contributed by atoms with van der Waals surface area (Å²) in [5, 5.41) is 8.75. The average molecular weight is 191 g/mol. The van der Waals surface area contributed by atoms with Crippen LogP contribution in [0.5, 0.6) is 0 Å². The molecule has 0 radical (unpaired) electrons. The highest BCUT2D eigenvalue weighted by atomic mass is 35.5. The van der Waals surface area contributed by atoms with Crippen molar-refractivity contribution in [3.8, 4) is 0 Å². The minimum Gasteiger partial charge on any atom is -0.481 e. The summed E-state index contributed by atoms with van der Waals surface area (Å²) in [5.74, 6) is -0.576. The third kappa shape index (κ3) is 4.39. The maximum absolute atomic E-state index is 10.6. The highest BCUT2D eigenvalue weighted by Gasteiger charge is 2.16. The van der Waals surface area contributed by atoms with Gasteiger partial charge in [0, 0.05) is 5.88 Å². The topological polar surface area (TPSA) is 37.3 Å². The second kappa shape index (κ2) is 6.06. The Morgan fingerprint density at radius 1 is 1.58 bits per heavy atom. The van der Waals surface area contributed by atoms with Gasteiger partial charge >= 0.3 is 5.97 Å². The van der Waals surface area contributed by atoms with Crippen molar-refractivity contribution in [2.24, 2.45) is 5.92 Å². The van der Waals surface area contributed by atoms with E-state index in [-0.39, 0.29) is 0 Å². The molecule has 1 unspecified atom stereocenters. The van der Waals surface area contributed by atoms with E-state index in [4.69, 9.17) is 16.7 Å². The zero-order chi connectivity index (χ0) is 9.56. The third-order valence-corrected chi connectivity index (χ3v) is 2.04. The molecule has 70 valence electrons. The molecule has 12 heavy (non-hydrogen) atoms. The van der Waals surface area contributed by atoms with Crippen molar-refractivity contribution in [2.75, 3.05) is 5.88 Å². The summed E-state index contributed by atoms with van der Waals surface area (Å²) in [7, 11) is 0. The van der Waals surface area contributed by atoms with Crippen LogP contribution in [0.1, 0.15) is 26.2 Å². The lowest BCUT2D eigenvalue weighted by molar-refractivity contribution is -0.140. The first-order chi connectivity index (χ1) is 5.59. The van der Waals surface area contributed by atoms with E-state index in [1.165, 1.54) is 0 Å². The number of rotatable bonds is 6. The van der Waals surface area contributed by atoms with Gasteiger partial charge in [0.1, 0.15) is 0 Å². The molecule has 0 rings (SSSR count). The SMILES string of the molecule is C=C(C)C(CCCCCl)C(=O)O. The molecule has 0 fully saturated rings. The first-order valence-electron chi connectivity index (χ1n) is 4.03. The molecular weight excluding hydrogens is 176 g/mol. The fraction of sp³-hybridized carbons (Fsp3) is 0.667. The molecule has 0 heterocycles. The zero-order valence-electron chi connectivity index (χ0n) is 7.35. The number of aliphatic carboxylic acids is 1. The van der Waals surface area contributed by atoms with Crippen molar-refractivity contribution in [3.63, 3.8) is 0 Å². The summed E-state index contributed by atoms with van der Waals surface area (Å²) in [5.41, 5.74) is 0.720. The Kier molecular flexibility index (Phi) is 5.81. The molecule has 0 saturated heterocycles. The molecule has 1 atom stereocenters. The number of carboxylic acids is 1. The maximum Gasteiger partial charge on any atom is 0.310 e. The van der Waals surface area contributed by atoms with Crippen LogP contribution in [-0.4, -0.2) is 17.0 Å². The largest absolute Gasteiger partial charge is 0.481 e. The van der Waals surface area contributed by atoms with E-state index < -0.39 is 11.9 Å². The highest BCUT2D eigenvalue weighted by Crippen LogP contribution is 2.16. The monoisotopic (exact) mass is 190 g/mol. The third-order valence-electron chi connectivity index (χ3n) is 1.77. The van der Waals surface area contributed by atoms with Gasteiger partial charge in [-0.1, -0.05) is 18.6 Å². The van der Waals surface area contributed by atoms with Crippen LogP contribution in [0, 0.1) is 5.92 Å². The normalized spacial score (nSPS) is 12.5. The Bertz CT molecular complexity index is 152. The predicted octanol–water partition coefficient (Wildman–Crippen LogP) is 2.67. The van der Waals surface area contributed by atoms with Gasteiger partial charge in [-0.05, 0) is 19.8 Å². The molecule has 0 amide bonds. The number of hydrogen-bond donors (Lipinski definition) is 1. The van der Waals surface area contributed by atoms with Crippen molar-refractivity contribution < 1.29 is 9.90 Å². The highest BCUT2D eigenvalue weighted by molar-refractivity contribution is 6.17. The molecule has 2 nitrogen and oxygen atoms in total. The minimum atomic E-state index is -0.780. The number of unbranched alkanes of at least 4 members (excludes halogenated alkanes) is 1. The Labute approximate surface area is 78.2 Å². The van der Waals surface area contributed by atoms with E-state index in [9.17, 15) is 4.79 Å². The van der Waals surface area contributed by atoms with Crippen molar-refractivity contribution in [3.05, 3.63) is 12.2 Å². The summed E-state index contributed by atoms with van der Waals surface area (Å²) in [4.78, 5) is 10.6. The van der Waals surface area contributed by atoms with Crippen LogP contribution in [0.2, 0.25) is 0 Å². The molecule has 0 saturated carbocycles. The van der Waals surface area contributed by atoms with Crippen molar-refractivity contribution >= 4 is 17.6 Å².